The molecule has 42 heavy (non-hydrogen) atoms. The molecule has 9 heteroatoms. The molecule has 8 nitrogen and oxygen atoms in total. The number of amides is 1. The Morgan fingerprint density at radius 2 is 1.14 bits per heavy atom. The molecule has 0 spiro atoms. The maximum absolute atomic E-state index is 12.4. The second-order valence-electron chi connectivity index (χ2n) is 13.3. The average molecular weight is 622 g/mol. The summed E-state index contributed by atoms with van der Waals surface area (Å²) in [6, 6.07) is -0.748. The maximum Gasteiger partial charge on any atom is 0.472 e. The van der Waals surface area contributed by atoms with Crippen molar-refractivity contribution in [2.24, 2.45) is 0 Å². The van der Waals surface area contributed by atoms with Gasteiger partial charge in [-0.3, -0.25) is 13.8 Å². The van der Waals surface area contributed by atoms with Crippen LogP contribution in [0.1, 0.15) is 155 Å². The van der Waals surface area contributed by atoms with Crippen LogP contribution in [0.15, 0.2) is 0 Å². The minimum atomic E-state index is -4.28. The van der Waals surface area contributed by atoms with Crippen LogP contribution in [0.3, 0.4) is 0 Å². The van der Waals surface area contributed by atoms with E-state index in [2.05, 4.69) is 19.2 Å². The van der Waals surface area contributed by atoms with E-state index >= 15 is 0 Å². The van der Waals surface area contributed by atoms with Gasteiger partial charge in [-0.1, -0.05) is 136 Å². The van der Waals surface area contributed by atoms with Crippen molar-refractivity contribution < 1.29 is 32.9 Å². The summed E-state index contributed by atoms with van der Waals surface area (Å²) in [4.78, 5) is 22.5. The number of aliphatic hydroxyl groups is 1. The number of hydrogen-bond acceptors (Lipinski definition) is 5. The van der Waals surface area contributed by atoms with Crippen LogP contribution >= 0.6 is 7.82 Å². The second-order valence-corrected chi connectivity index (χ2v) is 14.7. The van der Waals surface area contributed by atoms with Gasteiger partial charge in [0.05, 0.1) is 39.9 Å². The van der Waals surface area contributed by atoms with Gasteiger partial charge in [-0.05, 0) is 12.8 Å². The van der Waals surface area contributed by atoms with E-state index in [0.717, 1.165) is 38.5 Å². The normalized spacial score (nSPS) is 14.9. The highest BCUT2D eigenvalue weighted by Crippen LogP contribution is 2.43. The Bertz CT molecular complexity index is 673. The summed E-state index contributed by atoms with van der Waals surface area (Å²) in [5.41, 5.74) is 0. The van der Waals surface area contributed by atoms with Crippen LogP contribution in [0, 0.1) is 0 Å². The van der Waals surface area contributed by atoms with Gasteiger partial charge in [0.25, 0.3) is 0 Å². The predicted molar refractivity (Wildman–Crippen MR) is 175 cm³/mol. The van der Waals surface area contributed by atoms with Crippen molar-refractivity contribution in [1.29, 1.82) is 0 Å². The summed E-state index contributed by atoms with van der Waals surface area (Å²) >= 11 is 0. The zero-order valence-corrected chi connectivity index (χ0v) is 29.1. The standard InChI is InChI=1S/C33H69N2O6P/c1-6-8-10-11-12-13-14-15-16-17-18-19-20-21-22-23-25-26-32(36)31(34-33(37)27-24-9-7-2)30-41-42(38,39)40-29-28-35(3,4)5/h31-32,36H,6-30H2,1-5H3,(H-,34,37,38,39)/p+1. The van der Waals surface area contributed by atoms with Gasteiger partial charge in [-0.2, -0.15) is 0 Å². The van der Waals surface area contributed by atoms with Crippen LogP contribution in [0.4, 0.5) is 0 Å². The molecule has 0 aromatic heterocycles. The lowest BCUT2D eigenvalue weighted by atomic mass is 10.0. The van der Waals surface area contributed by atoms with Crippen molar-refractivity contribution in [1.82, 2.24) is 5.32 Å². The Morgan fingerprint density at radius 3 is 1.60 bits per heavy atom. The fourth-order valence-electron chi connectivity index (χ4n) is 4.98. The molecule has 3 atom stereocenters. The molecule has 3 N–H and O–H groups in total. The third-order valence-corrected chi connectivity index (χ3v) is 8.84. The van der Waals surface area contributed by atoms with Gasteiger partial charge in [0.2, 0.25) is 5.91 Å². The topological polar surface area (TPSA) is 105 Å². The lowest BCUT2D eigenvalue weighted by Gasteiger charge is -2.26. The molecular weight excluding hydrogens is 551 g/mol. The SMILES string of the molecule is CCCCCCCCCCCCCCCCCCCC(O)C(COP(=O)(O)OCC[N+](C)(C)C)NC(=O)CCCCC. The highest BCUT2D eigenvalue weighted by Gasteiger charge is 2.28. The number of nitrogens with zero attached hydrogens (tertiary/aromatic N) is 1. The molecule has 0 radical (unpaired) electrons. The summed E-state index contributed by atoms with van der Waals surface area (Å²) < 4.78 is 23.2. The monoisotopic (exact) mass is 621 g/mol. The molecule has 0 saturated heterocycles. The maximum atomic E-state index is 12.4. The van der Waals surface area contributed by atoms with Crippen LogP contribution in [0.25, 0.3) is 0 Å². The molecule has 0 fully saturated rings. The molecule has 0 heterocycles. The van der Waals surface area contributed by atoms with E-state index in [1.807, 2.05) is 21.1 Å². The van der Waals surface area contributed by atoms with E-state index < -0.39 is 20.0 Å². The number of hydrogen-bond donors (Lipinski definition) is 3. The highest BCUT2D eigenvalue weighted by molar-refractivity contribution is 7.47. The number of carbonyl (C=O) groups is 1. The van der Waals surface area contributed by atoms with Crippen LogP contribution < -0.4 is 5.32 Å². The van der Waals surface area contributed by atoms with Crippen molar-refractivity contribution in [2.75, 3.05) is 40.9 Å². The number of aliphatic hydroxyl groups excluding tert-OH is 1. The molecule has 1 amide bonds. The second kappa shape index (κ2) is 26.9. The van der Waals surface area contributed by atoms with Gasteiger partial charge >= 0.3 is 7.82 Å². The quantitative estimate of drug-likeness (QED) is 0.0409. The average Bonchev–Trinajstić information content (AvgIpc) is 2.92. The fourth-order valence-corrected chi connectivity index (χ4v) is 5.72. The first-order chi connectivity index (χ1) is 20.0. The Balaban J connectivity index is 4.18. The van der Waals surface area contributed by atoms with E-state index in [9.17, 15) is 19.4 Å². The first-order valence-electron chi connectivity index (χ1n) is 17.4. The largest absolute Gasteiger partial charge is 0.472 e. The lowest BCUT2D eigenvalue weighted by Crippen LogP contribution is -2.46. The van der Waals surface area contributed by atoms with Crippen molar-refractivity contribution in [3.63, 3.8) is 0 Å². The van der Waals surface area contributed by atoms with Gasteiger partial charge in [0, 0.05) is 6.42 Å². The van der Waals surface area contributed by atoms with Crippen LogP contribution in [0.2, 0.25) is 0 Å². The Hall–Kier alpha value is -0.500. The molecule has 0 aromatic rings. The Kier molecular flexibility index (Phi) is 26.5. The minimum Gasteiger partial charge on any atom is -0.391 e. The van der Waals surface area contributed by atoms with Crippen molar-refractivity contribution >= 4 is 13.7 Å². The molecule has 0 aliphatic rings. The van der Waals surface area contributed by atoms with Crippen molar-refractivity contribution in [2.45, 2.75) is 167 Å². The zero-order valence-electron chi connectivity index (χ0n) is 28.3. The Labute approximate surface area is 259 Å². The number of phosphoric ester groups is 1. The Morgan fingerprint density at radius 1 is 0.714 bits per heavy atom. The van der Waals surface area contributed by atoms with Crippen LogP contribution in [0.5, 0.6) is 0 Å². The molecule has 0 rings (SSSR count). The number of quaternary nitrogens is 1. The molecule has 0 bridgehead atoms. The number of nitrogens with one attached hydrogen (secondary N) is 1. The van der Waals surface area contributed by atoms with E-state index in [4.69, 9.17) is 9.05 Å². The van der Waals surface area contributed by atoms with Crippen molar-refractivity contribution in [3.05, 3.63) is 0 Å². The van der Waals surface area contributed by atoms with Crippen LogP contribution in [-0.4, -0.2) is 73.4 Å². The van der Waals surface area contributed by atoms with Gasteiger partial charge in [-0.25, -0.2) is 4.57 Å². The van der Waals surface area contributed by atoms with E-state index in [1.54, 1.807) is 0 Å². The van der Waals surface area contributed by atoms with Gasteiger partial charge in [0.1, 0.15) is 13.2 Å². The summed E-state index contributed by atoms with van der Waals surface area (Å²) in [7, 11) is 1.61. The minimum absolute atomic E-state index is 0.0765. The molecule has 0 aliphatic heterocycles. The third kappa shape index (κ3) is 28.3. The van der Waals surface area contributed by atoms with Crippen LogP contribution in [-0.2, 0) is 18.4 Å². The molecule has 0 aliphatic carbocycles. The number of likely N-dealkylation sites (N-methyl/N-ethyl adjacent to an activating group) is 1. The van der Waals surface area contributed by atoms with Crippen molar-refractivity contribution in [3.8, 4) is 0 Å². The summed E-state index contributed by atoms with van der Waals surface area (Å²) in [6.45, 7) is 4.71. The van der Waals surface area contributed by atoms with Gasteiger partial charge in [0.15, 0.2) is 0 Å². The van der Waals surface area contributed by atoms with E-state index in [-0.39, 0.29) is 19.1 Å². The van der Waals surface area contributed by atoms with E-state index in [0.29, 0.717) is 23.9 Å². The molecule has 252 valence electrons. The predicted octanol–water partition coefficient (Wildman–Crippen LogP) is 8.29. The number of unbranched alkanes of at least 4 members (excludes halogenated alkanes) is 18. The molecule has 0 aromatic carbocycles. The molecule has 0 saturated carbocycles. The summed E-state index contributed by atoms with van der Waals surface area (Å²) in [5, 5.41) is 13.7. The number of rotatable bonds is 31. The number of carbonyl (C=O) groups excluding carboxylic acids is 1. The van der Waals surface area contributed by atoms with E-state index in [1.165, 1.54) is 89.9 Å². The zero-order chi connectivity index (χ0) is 31.5. The molecule has 3 unspecified atom stereocenters. The van der Waals surface area contributed by atoms with Gasteiger partial charge < -0.3 is 19.8 Å². The summed E-state index contributed by atoms with van der Waals surface area (Å²) in [6.07, 6.45) is 24.8. The third-order valence-electron chi connectivity index (χ3n) is 7.86. The highest BCUT2D eigenvalue weighted by atomic mass is 31.2. The molecular formula is C33H70N2O6P+. The number of phosphoric acid groups is 1. The lowest BCUT2D eigenvalue weighted by molar-refractivity contribution is -0.870. The first kappa shape index (κ1) is 41.5. The summed E-state index contributed by atoms with van der Waals surface area (Å²) in [5.74, 6) is -0.169. The van der Waals surface area contributed by atoms with Gasteiger partial charge in [-0.15, -0.1) is 0 Å². The fraction of sp³-hybridized carbons (Fsp3) is 0.970. The smallest absolute Gasteiger partial charge is 0.391 e. The first-order valence-corrected chi connectivity index (χ1v) is 18.9.